The smallest absolute Gasteiger partial charge is 0.261 e. The van der Waals surface area contributed by atoms with E-state index in [2.05, 4.69) is 9.97 Å². The van der Waals surface area contributed by atoms with Crippen molar-refractivity contribution in [2.45, 2.75) is 11.5 Å². The molecule has 1 heterocycles. The molecule has 0 unspecified atom stereocenters. The standard InChI is InChI=1S/C11H8Cl2N2O3S/c12-9-6-8(19(13,16)17)2-3-10(9)18-7-11-14-4-1-5-15-11/h1-6H,7H2. The third-order valence-corrected chi connectivity index (χ3v) is 3.81. The van der Waals surface area contributed by atoms with Gasteiger partial charge in [0.15, 0.2) is 5.82 Å². The second-order valence-electron chi connectivity index (χ2n) is 3.48. The molecule has 0 aliphatic rings. The van der Waals surface area contributed by atoms with Gasteiger partial charge in [-0.15, -0.1) is 0 Å². The molecule has 0 aliphatic heterocycles. The van der Waals surface area contributed by atoms with Gasteiger partial charge in [-0.3, -0.25) is 0 Å². The Bertz CT molecular complexity index is 678. The van der Waals surface area contributed by atoms with Crippen LogP contribution in [0.5, 0.6) is 5.75 Å². The molecule has 0 aliphatic carbocycles. The van der Waals surface area contributed by atoms with Gasteiger partial charge < -0.3 is 4.74 Å². The lowest BCUT2D eigenvalue weighted by atomic mass is 10.3. The Morgan fingerprint density at radius 2 is 1.89 bits per heavy atom. The number of aromatic nitrogens is 2. The molecular formula is C11H8Cl2N2O3S. The molecular weight excluding hydrogens is 311 g/mol. The summed E-state index contributed by atoms with van der Waals surface area (Å²) < 4.78 is 27.6. The molecule has 8 heteroatoms. The molecule has 2 aromatic rings. The van der Waals surface area contributed by atoms with Crippen LogP contribution < -0.4 is 4.74 Å². The average molecular weight is 319 g/mol. The number of hydrogen-bond donors (Lipinski definition) is 0. The third kappa shape index (κ3) is 3.79. The van der Waals surface area contributed by atoms with Crippen molar-refractivity contribution >= 4 is 31.3 Å². The van der Waals surface area contributed by atoms with Crippen LogP contribution in [0.1, 0.15) is 5.82 Å². The molecule has 0 atom stereocenters. The lowest BCUT2D eigenvalue weighted by Gasteiger charge is -2.07. The van der Waals surface area contributed by atoms with Crippen molar-refractivity contribution in [1.29, 1.82) is 0 Å². The van der Waals surface area contributed by atoms with E-state index >= 15 is 0 Å². The van der Waals surface area contributed by atoms with Crippen LogP contribution in [0.3, 0.4) is 0 Å². The van der Waals surface area contributed by atoms with Crippen molar-refractivity contribution in [2.75, 3.05) is 0 Å². The zero-order valence-electron chi connectivity index (χ0n) is 9.45. The summed E-state index contributed by atoms with van der Waals surface area (Å²) in [4.78, 5) is 7.89. The van der Waals surface area contributed by atoms with E-state index in [0.29, 0.717) is 11.6 Å². The van der Waals surface area contributed by atoms with Gasteiger partial charge in [-0.2, -0.15) is 0 Å². The first-order valence-corrected chi connectivity index (χ1v) is 7.78. The Hall–Kier alpha value is -1.37. The van der Waals surface area contributed by atoms with E-state index in [4.69, 9.17) is 27.0 Å². The topological polar surface area (TPSA) is 69.2 Å². The second kappa shape index (κ2) is 5.73. The van der Waals surface area contributed by atoms with Gasteiger partial charge in [0.05, 0.1) is 9.92 Å². The minimum atomic E-state index is -3.80. The Labute approximate surface area is 119 Å². The third-order valence-electron chi connectivity index (χ3n) is 2.16. The van der Waals surface area contributed by atoms with Gasteiger partial charge in [0.1, 0.15) is 12.4 Å². The largest absolute Gasteiger partial charge is 0.484 e. The Kier molecular flexibility index (Phi) is 4.24. The maximum absolute atomic E-state index is 11.1. The molecule has 1 aromatic carbocycles. The first-order valence-electron chi connectivity index (χ1n) is 5.10. The van der Waals surface area contributed by atoms with Gasteiger partial charge in [0, 0.05) is 23.1 Å². The summed E-state index contributed by atoms with van der Waals surface area (Å²) in [7, 11) is 1.41. The molecule has 0 N–H and O–H groups in total. The highest BCUT2D eigenvalue weighted by molar-refractivity contribution is 8.13. The SMILES string of the molecule is O=S(=O)(Cl)c1ccc(OCc2ncccn2)c(Cl)c1. The summed E-state index contributed by atoms with van der Waals surface area (Å²) in [6, 6.07) is 5.66. The molecule has 0 saturated heterocycles. The van der Waals surface area contributed by atoms with Gasteiger partial charge in [-0.1, -0.05) is 11.6 Å². The fraction of sp³-hybridized carbons (Fsp3) is 0.0909. The Morgan fingerprint density at radius 3 is 2.47 bits per heavy atom. The Morgan fingerprint density at radius 1 is 1.21 bits per heavy atom. The first-order chi connectivity index (χ1) is 8.97. The molecule has 1 aromatic heterocycles. The minimum Gasteiger partial charge on any atom is -0.484 e. The maximum atomic E-state index is 11.1. The van der Waals surface area contributed by atoms with Gasteiger partial charge >= 0.3 is 0 Å². The van der Waals surface area contributed by atoms with Crippen LogP contribution in [0.25, 0.3) is 0 Å². The number of benzene rings is 1. The van der Waals surface area contributed by atoms with Crippen LogP contribution in [0, 0.1) is 0 Å². The lowest BCUT2D eigenvalue weighted by molar-refractivity contribution is 0.296. The van der Waals surface area contributed by atoms with E-state index in [1.165, 1.54) is 18.2 Å². The van der Waals surface area contributed by atoms with Crippen molar-refractivity contribution in [3.8, 4) is 5.75 Å². The van der Waals surface area contributed by atoms with Crippen LogP contribution in [0.2, 0.25) is 5.02 Å². The van der Waals surface area contributed by atoms with Gasteiger partial charge in [-0.25, -0.2) is 18.4 Å². The Balaban J connectivity index is 2.14. The molecule has 0 saturated carbocycles. The molecule has 0 spiro atoms. The summed E-state index contributed by atoms with van der Waals surface area (Å²) in [5.41, 5.74) is 0. The molecule has 0 radical (unpaired) electrons. The van der Waals surface area contributed by atoms with Crippen molar-refractivity contribution in [2.24, 2.45) is 0 Å². The molecule has 0 fully saturated rings. The molecule has 0 bridgehead atoms. The van der Waals surface area contributed by atoms with Crippen LogP contribution in [0.4, 0.5) is 0 Å². The molecule has 2 rings (SSSR count). The van der Waals surface area contributed by atoms with Crippen molar-refractivity contribution in [1.82, 2.24) is 9.97 Å². The highest BCUT2D eigenvalue weighted by Gasteiger charge is 2.13. The van der Waals surface area contributed by atoms with Gasteiger partial charge in [0.2, 0.25) is 0 Å². The highest BCUT2D eigenvalue weighted by Crippen LogP contribution is 2.29. The number of ether oxygens (including phenoxy) is 1. The number of nitrogens with zero attached hydrogens (tertiary/aromatic N) is 2. The van der Waals surface area contributed by atoms with Crippen molar-refractivity contribution in [3.05, 3.63) is 47.5 Å². The van der Waals surface area contributed by atoms with Crippen LogP contribution in [0.15, 0.2) is 41.6 Å². The van der Waals surface area contributed by atoms with E-state index in [-0.39, 0.29) is 16.5 Å². The van der Waals surface area contributed by atoms with Crippen LogP contribution >= 0.6 is 22.3 Å². The minimum absolute atomic E-state index is 0.0810. The summed E-state index contributed by atoms with van der Waals surface area (Å²) in [5, 5.41) is 0.151. The maximum Gasteiger partial charge on any atom is 0.261 e. The summed E-state index contributed by atoms with van der Waals surface area (Å²) in [6.45, 7) is 0.132. The van der Waals surface area contributed by atoms with Crippen molar-refractivity contribution < 1.29 is 13.2 Å². The van der Waals surface area contributed by atoms with E-state index in [0.717, 1.165) is 0 Å². The summed E-state index contributed by atoms with van der Waals surface area (Å²) in [6.07, 6.45) is 3.19. The molecule has 0 amide bonds. The zero-order valence-corrected chi connectivity index (χ0v) is 11.8. The second-order valence-corrected chi connectivity index (χ2v) is 6.46. The zero-order chi connectivity index (χ0) is 13.9. The molecule has 5 nitrogen and oxygen atoms in total. The van der Waals surface area contributed by atoms with E-state index < -0.39 is 9.05 Å². The normalized spacial score (nSPS) is 11.3. The lowest BCUT2D eigenvalue weighted by Crippen LogP contribution is -2.01. The molecule has 100 valence electrons. The van der Waals surface area contributed by atoms with E-state index in [1.54, 1.807) is 18.5 Å². The van der Waals surface area contributed by atoms with Crippen molar-refractivity contribution in [3.63, 3.8) is 0 Å². The fourth-order valence-electron chi connectivity index (χ4n) is 1.30. The predicted octanol–water partition coefficient (Wildman–Crippen LogP) is 2.64. The number of hydrogen-bond acceptors (Lipinski definition) is 5. The number of rotatable bonds is 4. The van der Waals surface area contributed by atoms with Gasteiger partial charge in [-0.05, 0) is 24.3 Å². The first kappa shape index (κ1) is 14.0. The van der Waals surface area contributed by atoms with Crippen LogP contribution in [-0.2, 0) is 15.7 Å². The monoisotopic (exact) mass is 318 g/mol. The van der Waals surface area contributed by atoms with Gasteiger partial charge in [0.25, 0.3) is 9.05 Å². The highest BCUT2D eigenvalue weighted by atomic mass is 35.7. The predicted molar refractivity (Wildman–Crippen MR) is 70.9 cm³/mol. The van der Waals surface area contributed by atoms with Crippen LogP contribution in [-0.4, -0.2) is 18.4 Å². The quantitative estimate of drug-likeness (QED) is 0.810. The number of halogens is 2. The average Bonchev–Trinajstić information content (AvgIpc) is 2.37. The van der Waals surface area contributed by atoms with E-state index in [9.17, 15) is 8.42 Å². The van der Waals surface area contributed by atoms with E-state index in [1.807, 2.05) is 0 Å². The summed E-state index contributed by atoms with van der Waals surface area (Å²) >= 11 is 5.91. The molecule has 19 heavy (non-hydrogen) atoms. The summed E-state index contributed by atoms with van der Waals surface area (Å²) in [5.74, 6) is 0.825. The fourth-order valence-corrected chi connectivity index (χ4v) is 2.37.